The van der Waals surface area contributed by atoms with E-state index in [1.165, 1.54) is 6.21 Å². The molecule has 0 bridgehead atoms. The highest BCUT2D eigenvalue weighted by molar-refractivity contribution is 9.10. The van der Waals surface area contributed by atoms with E-state index in [4.69, 9.17) is 14.7 Å². The maximum atomic E-state index is 8.41. The van der Waals surface area contributed by atoms with Gasteiger partial charge in [-0.05, 0) is 28.1 Å². The molecule has 1 N–H and O–H groups in total. The van der Waals surface area contributed by atoms with Crippen molar-refractivity contribution in [2.24, 2.45) is 5.16 Å². The van der Waals surface area contributed by atoms with Crippen molar-refractivity contribution in [3.05, 3.63) is 22.2 Å². The van der Waals surface area contributed by atoms with Gasteiger partial charge in [-0.15, -0.1) is 0 Å². The fraction of sp³-hybridized carbons (Fsp3) is 0.222. The highest BCUT2D eigenvalue weighted by atomic mass is 79.9. The number of ether oxygens (including phenoxy) is 2. The van der Waals surface area contributed by atoms with Gasteiger partial charge in [-0.25, -0.2) is 0 Å². The van der Waals surface area contributed by atoms with Crippen LogP contribution in [0, 0.1) is 0 Å². The zero-order chi connectivity index (χ0) is 10.6. The van der Waals surface area contributed by atoms with Crippen LogP contribution in [0.1, 0.15) is 5.56 Å². The molecular formula is C9H10BrNO3. The number of halogens is 1. The summed E-state index contributed by atoms with van der Waals surface area (Å²) >= 11 is 3.31. The van der Waals surface area contributed by atoms with Gasteiger partial charge in [-0.1, -0.05) is 5.16 Å². The Balaban J connectivity index is 3.23. The minimum absolute atomic E-state index is 0.589. The average molecular weight is 260 g/mol. The first-order valence-corrected chi connectivity index (χ1v) is 4.61. The Bertz CT molecular complexity index is 352. The van der Waals surface area contributed by atoms with Crippen molar-refractivity contribution in [3.8, 4) is 11.5 Å². The number of hydrogen-bond acceptors (Lipinski definition) is 4. The Morgan fingerprint density at radius 1 is 1.29 bits per heavy atom. The second-order valence-corrected chi connectivity index (χ2v) is 3.33. The number of methoxy groups -OCH3 is 2. The van der Waals surface area contributed by atoms with Crippen molar-refractivity contribution in [1.82, 2.24) is 0 Å². The highest BCUT2D eigenvalue weighted by Gasteiger charge is 2.07. The quantitative estimate of drug-likeness (QED) is 0.515. The van der Waals surface area contributed by atoms with Gasteiger partial charge >= 0.3 is 0 Å². The van der Waals surface area contributed by atoms with E-state index in [2.05, 4.69) is 21.1 Å². The minimum Gasteiger partial charge on any atom is -0.493 e. The number of benzene rings is 1. The Morgan fingerprint density at radius 3 is 2.36 bits per heavy atom. The lowest BCUT2D eigenvalue weighted by Crippen LogP contribution is -1.93. The van der Waals surface area contributed by atoms with Crippen LogP contribution in [0.15, 0.2) is 21.8 Å². The van der Waals surface area contributed by atoms with Crippen LogP contribution in [-0.4, -0.2) is 25.6 Å². The topological polar surface area (TPSA) is 51.0 Å². The zero-order valence-corrected chi connectivity index (χ0v) is 9.41. The molecule has 1 aromatic rings. The van der Waals surface area contributed by atoms with Crippen LogP contribution in [0.4, 0.5) is 0 Å². The molecule has 1 rings (SSSR count). The van der Waals surface area contributed by atoms with Crippen molar-refractivity contribution in [3.63, 3.8) is 0 Å². The Labute approximate surface area is 90.3 Å². The molecule has 0 radical (unpaired) electrons. The second-order valence-electron chi connectivity index (χ2n) is 2.47. The van der Waals surface area contributed by atoms with Crippen LogP contribution >= 0.6 is 15.9 Å². The van der Waals surface area contributed by atoms with E-state index in [1.807, 2.05) is 0 Å². The molecule has 76 valence electrons. The first kappa shape index (κ1) is 10.8. The summed E-state index contributed by atoms with van der Waals surface area (Å²) in [6.45, 7) is 0. The van der Waals surface area contributed by atoms with E-state index in [9.17, 15) is 0 Å². The molecule has 0 unspecified atom stereocenters. The van der Waals surface area contributed by atoms with E-state index in [-0.39, 0.29) is 0 Å². The molecule has 4 nitrogen and oxygen atoms in total. The maximum Gasteiger partial charge on any atom is 0.161 e. The van der Waals surface area contributed by atoms with Gasteiger partial charge in [0, 0.05) is 10.0 Å². The smallest absolute Gasteiger partial charge is 0.161 e. The summed E-state index contributed by atoms with van der Waals surface area (Å²) in [4.78, 5) is 0. The van der Waals surface area contributed by atoms with Gasteiger partial charge in [0.2, 0.25) is 0 Å². The maximum absolute atomic E-state index is 8.41. The first-order valence-electron chi connectivity index (χ1n) is 3.82. The Morgan fingerprint density at radius 2 is 1.86 bits per heavy atom. The Kier molecular flexibility index (Phi) is 3.76. The lowest BCUT2D eigenvalue weighted by Gasteiger charge is -2.09. The summed E-state index contributed by atoms with van der Waals surface area (Å²) in [7, 11) is 3.11. The van der Waals surface area contributed by atoms with Crippen molar-refractivity contribution >= 4 is 22.1 Å². The van der Waals surface area contributed by atoms with E-state index in [1.54, 1.807) is 26.4 Å². The van der Waals surface area contributed by atoms with Gasteiger partial charge < -0.3 is 14.7 Å². The highest BCUT2D eigenvalue weighted by Crippen LogP contribution is 2.32. The summed E-state index contributed by atoms with van der Waals surface area (Å²) in [6.07, 6.45) is 1.31. The summed E-state index contributed by atoms with van der Waals surface area (Å²) in [5.74, 6) is 1.21. The van der Waals surface area contributed by atoms with E-state index in [0.29, 0.717) is 17.1 Å². The number of rotatable bonds is 3. The molecule has 0 heterocycles. The van der Waals surface area contributed by atoms with Crippen LogP contribution in [0.2, 0.25) is 0 Å². The average Bonchev–Trinajstić information content (AvgIpc) is 2.20. The van der Waals surface area contributed by atoms with Crippen molar-refractivity contribution in [2.75, 3.05) is 14.2 Å². The van der Waals surface area contributed by atoms with Gasteiger partial charge in [0.25, 0.3) is 0 Å². The van der Waals surface area contributed by atoms with E-state index >= 15 is 0 Å². The zero-order valence-electron chi connectivity index (χ0n) is 7.82. The summed E-state index contributed by atoms with van der Waals surface area (Å²) in [5.41, 5.74) is 0.713. The third-order valence-corrected chi connectivity index (χ3v) is 2.39. The molecule has 14 heavy (non-hydrogen) atoms. The van der Waals surface area contributed by atoms with Gasteiger partial charge in [0.15, 0.2) is 11.5 Å². The summed E-state index contributed by atoms with van der Waals surface area (Å²) < 4.78 is 10.9. The molecule has 1 aromatic carbocycles. The minimum atomic E-state index is 0.589. The Hall–Kier alpha value is -1.23. The van der Waals surface area contributed by atoms with Crippen molar-refractivity contribution in [2.45, 2.75) is 0 Å². The third kappa shape index (κ3) is 2.17. The standard InChI is InChI=1S/C9H10BrNO3/c1-13-8-3-6(5-11-12)7(10)4-9(8)14-2/h3-5,12H,1-2H3/b11-5-. The normalized spacial score (nSPS) is 10.5. The summed E-state index contributed by atoms with van der Waals surface area (Å²) in [5, 5.41) is 11.4. The molecule has 0 spiro atoms. The van der Waals surface area contributed by atoms with Crippen LogP contribution in [0.25, 0.3) is 0 Å². The van der Waals surface area contributed by atoms with Crippen LogP contribution < -0.4 is 9.47 Å². The lowest BCUT2D eigenvalue weighted by molar-refractivity contribution is 0.321. The SMILES string of the molecule is COc1cc(Br)c(/C=N\O)cc1OC. The van der Waals surface area contributed by atoms with Crippen molar-refractivity contribution in [1.29, 1.82) is 0 Å². The molecule has 0 aliphatic rings. The van der Waals surface area contributed by atoms with Gasteiger partial charge in [-0.3, -0.25) is 0 Å². The fourth-order valence-corrected chi connectivity index (χ4v) is 1.46. The van der Waals surface area contributed by atoms with Crippen LogP contribution in [-0.2, 0) is 0 Å². The number of hydrogen-bond donors (Lipinski definition) is 1. The number of nitrogens with zero attached hydrogens (tertiary/aromatic N) is 1. The molecule has 0 atom stereocenters. The lowest BCUT2D eigenvalue weighted by atomic mass is 10.2. The molecule has 0 aromatic heterocycles. The first-order chi connectivity index (χ1) is 6.72. The van der Waals surface area contributed by atoms with Crippen LogP contribution in [0.3, 0.4) is 0 Å². The van der Waals surface area contributed by atoms with E-state index in [0.717, 1.165) is 4.47 Å². The molecule has 5 heteroatoms. The number of oxime groups is 1. The third-order valence-electron chi connectivity index (χ3n) is 1.70. The monoisotopic (exact) mass is 259 g/mol. The molecule has 0 saturated carbocycles. The largest absolute Gasteiger partial charge is 0.493 e. The molecule has 0 aliphatic heterocycles. The summed E-state index contributed by atoms with van der Waals surface area (Å²) in [6, 6.07) is 3.46. The predicted octanol–water partition coefficient (Wildman–Crippen LogP) is 2.27. The predicted molar refractivity (Wildman–Crippen MR) is 56.6 cm³/mol. The molecule has 0 saturated heterocycles. The van der Waals surface area contributed by atoms with Gasteiger partial charge in [0.1, 0.15) is 0 Å². The van der Waals surface area contributed by atoms with E-state index < -0.39 is 0 Å². The molecule has 0 fully saturated rings. The van der Waals surface area contributed by atoms with Gasteiger partial charge in [-0.2, -0.15) is 0 Å². The van der Waals surface area contributed by atoms with Crippen LogP contribution in [0.5, 0.6) is 11.5 Å². The molecule has 0 amide bonds. The second kappa shape index (κ2) is 4.85. The van der Waals surface area contributed by atoms with Crippen molar-refractivity contribution < 1.29 is 14.7 Å². The fourth-order valence-electron chi connectivity index (χ4n) is 1.03. The molecule has 0 aliphatic carbocycles. The molecular weight excluding hydrogens is 250 g/mol. The van der Waals surface area contributed by atoms with Gasteiger partial charge in [0.05, 0.1) is 20.4 Å².